The Morgan fingerprint density at radius 3 is 2.62 bits per heavy atom. The molecule has 0 radical (unpaired) electrons. The first kappa shape index (κ1) is 21.7. The predicted molar refractivity (Wildman–Crippen MR) is 127 cm³/mol. The Labute approximate surface area is 198 Å². The van der Waals surface area contributed by atoms with Gasteiger partial charge >= 0.3 is 6.03 Å². The van der Waals surface area contributed by atoms with Crippen LogP contribution in [0.1, 0.15) is 96.2 Å². The molecule has 3 aliphatic carbocycles. The SMILES string of the molecule is CC(C)(O)c1ccc2c(c1)S(=O)(=NC(=O)Nc1c3c(nc(C4CC4)c1C1CC1)CCC3)NC2=O. The summed E-state index contributed by atoms with van der Waals surface area (Å²) in [6.45, 7) is 3.21. The van der Waals surface area contributed by atoms with E-state index in [-0.39, 0.29) is 10.5 Å². The lowest BCUT2D eigenvalue weighted by molar-refractivity contribution is 0.0782. The number of amides is 3. The van der Waals surface area contributed by atoms with Crippen molar-refractivity contribution in [1.82, 2.24) is 9.71 Å². The number of aryl methyl sites for hydroxylation is 1. The van der Waals surface area contributed by atoms with E-state index in [9.17, 15) is 18.9 Å². The summed E-state index contributed by atoms with van der Waals surface area (Å²) >= 11 is 0. The molecule has 2 saturated carbocycles. The standard InChI is InChI=1S/C25H28N4O4S/c1-25(2,32)15-10-11-17-19(12-15)34(33,28-23(17)30)29-24(31)27-22-16-4-3-5-18(16)26-21(14-8-9-14)20(22)13-6-7-13/h10-14,32H,3-9H2,1-2H3,(H2,26,27,28,29,30,31,33). The summed E-state index contributed by atoms with van der Waals surface area (Å²) in [6, 6.07) is 3.89. The molecule has 9 heteroatoms. The van der Waals surface area contributed by atoms with Crippen molar-refractivity contribution in [3.63, 3.8) is 0 Å². The maximum Gasteiger partial charge on any atom is 0.355 e. The highest BCUT2D eigenvalue weighted by Crippen LogP contribution is 2.53. The average Bonchev–Trinajstić information content (AvgIpc) is 3.69. The highest BCUT2D eigenvalue weighted by Gasteiger charge is 2.39. The zero-order chi connectivity index (χ0) is 23.8. The molecule has 34 heavy (non-hydrogen) atoms. The second-order valence-electron chi connectivity index (χ2n) is 10.4. The van der Waals surface area contributed by atoms with E-state index < -0.39 is 27.5 Å². The number of fused-ring (bicyclic) bond motifs is 2. The molecule has 3 N–H and O–H groups in total. The topological polar surface area (TPSA) is 121 Å². The molecule has 2 heterocycles. The van der Waals surface area contributed by atoms with Gasteiger partial charge < -0.3 is 10.4 Å². The number of rotatable bonds is 4. The average molecular weight is 481 g/mol. The fraction of sp³-hybridized carbons (Fsp3) is 0.480. The molecule has 1 aromatic heterocycles. The van der Waals surface area contributed by atoms with Gasteiger partial charge in [0.1, 0.15) is 0 Å². The number of carbonyl (C=O) groups excluding carboxylic acids is 2. The van der Waals surface area contributed by atoms with Crippen molar-refractivity contribution in [2.45, 2.75) is 81.1 Å². The Morgan fingerprint density at radius 2 is 1.94 bits per heavy atom. The number of benzene rings is 1. The van der Waals surface area contributed by atoms with Crippen LogP contribution in [0.25, 0.3) is 0 Å². The molecule has 3 amide bonds. The minimum atomic E-state index is -3.52. The summed E-state index contributed by atoms with van der Waals surface area (Å²) in [5, 5.41) is 13.3. The fourth-order valence-electron chi connectivity index (χ4n) is 5.09. The van der Waals surface area contributed by atoms with Crippen LogP contribution >= 0.6 is 0 Å². The van der Waals surface area contributed by atoms with E-state index in [1.165, 1.54) is 12.1 Å². The third-order valence-electron chi connectivity index (χ3n) is 7.15. The lowest BCUT2D eigenvalue weighted by Gasteiger charge is -2.19. The highest BCUT2D eigenvalue weighted by atomic mass is 32.2. The predicted octanol–water partition coefficient (Wildman–Crippen LogP) is 4.27. The summed E-state index contributed by atoms with van der Waals surface area (Å²) in [5.74, 6) is 0.323. The van der Waals surface area contributed by atoms with Crippen molar-refractivity contribution in [3.8, 4) is 0 Å². The van der Waals surface area contributed by atoms with Gasteiger partial charge in [-0.2, -0.15) is 0 Å². The lowest BCUT2D eigenvalue weighted by atomic mass is 9.97. The molecule has 0 bridgehead atoms. The molecule has 1 unspecified atom stereocenters. The van der Waals surface area contributed by atoms with E-state index in [4.69, 9.17) is 4.98 Å². The fourth-order valence-corrected chi connectivity index (χ4v) is 6.73. The molecule has 6 rings (SSSR count). The van der Waals surface area contributed by atoms with E-state index >= 15 is 0 Å². The van der Waals surface area contributed by atoms with Crippen LogP contribution in [0.15, 0.2) is 27.5 Å². The van der Waals surface area contributed by atoms with Gasteiger partial charge in [0.15, 0.2) is 9.92 Å². The minimum absolute atomic E-state index is 0.133. The number of aromatic nitrogens is 1. The monoisotopic (exact) mass is 480 g/mol. The van der Waals surface area contributed by atoms with E-state index in [2.05, 4.69) is 14.4 Å². The molecule has 0 saturated heterocycles. The van der Waals surface area contributed by atoms with Crippen LogP contribution in [0.2, 0.25) is 0 Å². The van der Waals surface area contributed by atoms with Crippen LogP contribution in [-0.2, 0) is 28.4 Å². The van der Waals surface area contributed by atoms with Crippen LogP contribution < -0.4 is 10.0 Å². The molecule has 178 valence electrons. The molecule has 2 fully saturated rings. The molecule has 4 aliphatic rings. The van der Waals surface area contributed by atoms with Gasteiger partial charge in [0.2, 0.25) is 0 Å². The zero-order valence-corrected chi connectivity index (χ0v) is 20.1. The van der Waals surface area contributed by atoms with E-state index in [1.54, 1.807) is 19.9 Å². The summed E-state index contributed by atoms with van der Waals surface area (Å²) in [5.41, 5.74) is 4.69. The van der Waals surface area contributed by atoms with Gasteiger partial charge in [0.05, 0.1) is 21.7 Å². The Balaban J connectivity index is 1.41. The molecule has 1 aromatic carbocycles. The van der Waals surface area contributed by atoms with Crippen molar-refractivity contribution in [2.75, 3.05) is 5.32 Å². The van der Waals surface area contributed by atoms with Crippen LogP contribution in [0.4, 0.5) is 10.5 Å². The van der Waals surface area contributed by atoms with Gasteiger partial charge in [-0.1, -0.05) is 6.07 Å². The largest absolute Gasteiger partial charge is 0.386 e. The van der Waals surface area contributed by atoms with Crippen LogP contribution in [0.3, 0.4) is 0 Å². The van der Waals surface area contributed by atoms with Crippen LogP contribution in [0, 0.1) is 0 Å². The van der Waals surface area contributed by atoms with Crippen LogP contribution in [0.5, 0.6) is 0 Å². The summed E-state index contributed by atoms with van der Waals surface area (Å²) in [7, 11) is -3.52. The van der Waals surface area contributed by atoms with Crippen molar-refractivity contribution >= 4 is 27.5 Å². The smallest absolute Gasteiger partial charge is 0.355 e. The Hall–Kier alpha value is -2.78. The molecule has 0 spiro atoms. The maximum absolute atomic E-state index is 13.7. The second kappa shape index (κ2) is 7.36. The van der Waals surface area contributed by atoms with E-state index in [0.717, 1.165) is 73.1 Å². The molecule has 1 atom stereocenters. The van der Waals surface area contributed by atoms with Crippen molar-refractivity contribution in [1.29, 1.82) is 0 Å². The van der Waals surface area contributed by atoms with Gasteiger partial charge in [0, 0.05) is 22.9 Å². The van der Waals surface area contributed by atoms with Gasteiger partial charge in [-0.05, 0) is 88.0 Å². The summed E-state index contributed by atoms with van der Waals surface area (Å²) in [4.78, 5) is 30.8. The van der Waals surface area contributed by atoms with Crippen molar-refractivity contribution < 1.29 is 18.9 Å². The Kier molecular flexibility index (Phi) is 4.70. The number of urea groups is 1. The lowest BCUT2D eigenvalue weighted by Crippen LogP contribution is -2.24. The summed E-state index contributed by atoms with van der Waals surface area (Å²) in [6.07, 6.45) is 7.18. The zero-order valence-electron chi connectivity index (χ0n) is 19.3. The minimum Gasteiger partial charge on any atom is -0.386 e. The van der Waals surface area contributed by atoms with Gasteiger partial charge in [0.25, 0.3) is 5.91 Å². The molecule has 1 aliphatic heterocycles. The number of hydrogen-bond acceptors (Lipinski definition) is 5. The van der Waals surface area contributed by atoms with Gasteiger partial charge in [-0.25, -0.2) is 9.00 Å². The molecular formula is C25H28N4O4S. The first-order valence-electron chi connectivity index (χ1n) is 12.0. The quantitative estimate of drug-likeness (QED) is 0.603. The summed E-state index contributed by atoms with van der Waals surface area (Å²) < 4.78 is 20.1. The molecule has 2 aromatic rings. The number of aliphatic hydroxyl groups is 1. The third-order valence-corrected chi connectivity index (χ3v) is 8.96. The molecule has 8 nitrogen and oxygen atoms in total. The van der Waals surface area contributed by atoms with Crippen molar-refractivity contribution in [2.24, 2.45) is 4.36 Å². The normalized spacial score (nSPS) is 23.3. The van der Waals surface area contributed by atoms with Crippen molar-refractivity contribution in [3.05, 3.63) is 51.8 Å². The number of anilines is 1. The molecular weight excluding hydrogens is 452 g/mol. The first-order valence-corrected chi connectivity index (χ1v) is 13.5. The van der Waals surface area contributed by atoms with E-state index in [0.29, 0.717) is 17.4 Å². The number of carbonyl (C=O) groups is 2. The Morgan fingerprint density at radius 1 is 1.21 bits per heavy atom. The Bertz CT molecular complexity index is 1380. The van der Waals surface area contributed by atoms with Gasteiger partial charge in [-0.15, -0.1) is 4.36 Å². The second-order valence-corrected chi connectivity index (χ2v) is 12.2. The number of nitrogens with zero attached hydrogens (tertiary/aromatic N) is 2. The van der Waals surface area contributed by atoms with Gasteiger partial charge in [-0.3, -0.25) is 14.5 Å². The van der Waals surface area contributed by atoms with E-state index in [1.807, 2.05) is 0 Å². The van der Waals surface area contributed by atoms with Crippen LogP contribution in [-0.4, -0.2) is 26.2 Å². The maximum atomic E-state index is 13.7. The number of hydrogen-bond donors (Lipinski definition) is 3. The number of nitrogens with one attached hydrogen (secondary N) is 2. The third kappa shape index (κ3) is 3.62. The number of pyridine rings is 1. The highest BCUT2D eigenvalue weighted by molar-refractivity contribution is 7.93. The first-order chi connectivity index (χ1) is 16.1.